The summed E-state index contributed by atoms with van der Waals surface area (Å²) in [4.78, 5) is 16.5. The second-order valence-corrected chi connectivity index (χ2v) is 5.33. The maximum absolute atomic E-state index is 10.8. The van der Waals surface area contributed by atoms with Gasteiger partial charge in [-0.1, -0.05) is 12.1 Å². The Morgan fingerprint density at radius 3 is 2.95 bits per heavy atom. The van der Waals surface area contributed by atoms with Crippen molar-refractivity contribution in [1.82, 2.24) is 9.38 Å². The lowest BCUT2D eigenvalue weighted by molar-refractivity contribution is -0.131. The Balaban J connectivity index is 2.30. The van der Waals surface area contributed by atoms with Crippen LogP contribution in [0.4, 0.5) is 0 Å². The van der Waals surface area contributed by atoms with Gasteiger partial charge in [-0.05, 0) is 36.1 Å². The van der Waals surface area contributed by atoms with Gasteiger partial charge in [-0.15, -0.1) is 11.3 Å². The first kappa shape index (κ1) is 12.6. The van der Waals surface area contributed by atoms with Crippen LogP contribution in [-0.4, -0.2) is 20.5 Å². The van der Waals surface area contributed by atoms with Gasteiger partial charge in [0.05, 0.1) is 10.6 Å². The third-order valence-corrected chi connectivity index (χ3v) is 3.90. The number of carboxylic acids is 1. The molecule has 3 aromatic rings. The molecule has 3 rings (SSSR count). The largest absolute Gasteiger partial charge is 0.478 e. The highest BCUT2D eigenvalue weighted by Crippen LogP contribution is 2.30. The van der Waals surface area contributed by atoms with E-state index in [4.69, 9.17) is 5.11 Å². The summed E-state index contributed by atoms with van der Waals surface area (Å²) in [5.41, 5.74) is 3.50. The second-order valence-electron chi connectivity index (χ2n) is 4.38. The molecule has 20 heavy (non-hydrogen) atoms. The van der Waals surface area contributed by atoms with Gasteiger partial charge in [0.1, 0.15) is 11.3 Å². The van der Waals surface area contributed by atoms with Crippen LogP contribution in [0.25, 0.3) is 22.3 Å². The Hall–Kier alpha value is -2.40. The fourth-order valence-electron chi connectivity index (χ4n) is 2.13. The number of hydrogen-bond donors (Lipinski definition) is 1. The molecule has 4 nitrogen and oxygen atoms in total. The Morgan fingerprint density at radius 1 is 1.40 bits per heavy atom. The number of pyridine rings is 1. The van der Waals surface area contributed by atoms with E-state index in [1.165, 1.54) is 0 Å². The van der Waals surface area contributed by atoms with Crippen LogP contribution in [0.2, 0.25) is 0 Å². The summed E-state index contributed by atoms with van der Waals surface area (Å²) in [5.74, 6) is -0.968. The highest BCUT2D eigenvalue weighted by molar-refractivity contribution is 7.13. The van der Waals surface area contributed by atoms with Crippen molar-refractivity contribution in [2.24, 2.45) is 0 Å². The minimum atomic E-state index is -0.968. The van der Waals surface area contributed by atoms with Crippen LogP contribution in [0.1, 0.15) is 11.3 Å². The standard InChI is InChI=1S/C15H12N2O2S/c1-10-4-2-8-17-11(6-7-13(18)19)14(16-15(10)17)12-5-3-9-20-12/h2-9H,1H3,(H,18,19)/b7-6+. The van der Waals surface area contributed by atoms with E-state index in [2.05, 4.69) is 4.98 Å². The summed E-state index contributed by atoms with van der Waals surface area (Å²) in [5, 5.41) is 10.8. The first-order valence-electron chi connectivity index (χ1n) is 6.09. The van der Waals surface area contributed by atoms with Crippen molar-refractivity contribution >= 4 is 29.0 Å². The molecule has 0 unspecified atom stereocenters. The van der Waals surface area contributed by atoms with E-state index in [1.54, 1.807) is 17.4 Å². The Bertz CT molecular complexity index is 801. The summed E-state index contributed by atoms with van der Waals surface area (Å²) < 4.78 is 1.92. The first-order chi connectivity index (χ1) is 9.66. The number of hydrogen-bond acceptors (Lipinski definition) is 3. The average molecular weight is 284 g/mol. The van der Waals surface area contributed by atoms with Gasteiger partial charge in [-0.25, -0.2) is 9.78 Å². The minimum absolute atomic E-state index is 0.786. The van der Waals surface area contributed by atoms with Crippen molar-refractivity contribution in [3.8, 4) is 10.6 Å². The maximum atomic E-state index is 10.8. The van der Waals surface area contributed by atoms with Crippen LogP contribution in [0.15, 0.2) is 41.9 Å². The number of aromatic nitrogens is 2. The highest BCUT2D eigenvalue weighted by atomic mass is 32.1. The lowest BCUT2D eigenvalue weighted by Gasteiger charge is -1.99. The van der Waals surface area contributed by atoms with E-state index >= 15 is 0 Å². The number of fused-ring (bicyclic) bond motifs is 1. The zero-order chi connectivity index (χ0) is 14.1. The number of nitrogens with zero attached hydrogens (tertiary/aromatic N) is 2. The van der Waals surface area contributed by atoms with Gasteiger partial charge >= 0.3 is 5.97 Å². The van der Waals surface area contributed by atoms with E-state index in [0.717, 1.165) is 33.6 Å². The molecule has 5 heteroatoms. The normalized spacial score (nSPS) is 11.4. The van der Waals surface area contributed by atoms with Crippen molar-refractivity contribution < 1.29 is 9.90 Å². The number of carboxylic acid groups (broad SMARTS) is 1. The fraction of sp³-hybridized carbons (Fsp3) is 0.0667. The topological polar surface area (TPSA) is 54.6 Å². The monoisotopic (exact) mass is 284 g/mol. The van der Waals surface area contributed by atoms with Gasteiger partial charge in [-0.2, -0.15) is 0 Å². The van der Waals surface area contributed by atoms with Crippen LogP contribution in [0.3, 0.4) is 0 Å². The summed E-state index contributed by atoms with van der Waals surface area (Å²) >= 11 is 1.59. The first-order valence-corrected chi connectivity index (χ1v) is 6.97. The predicted octanol–water partition coefficient (Wildman–Crippen LogP) is 3.47. The van der Waals surface area contributed by atoms with E-state index in [9.17, 15) is 4.79 Å². The molecular weight excluding hydrogens is 272 g/mol. The third kappa shape index (κ3) is 2.12. The van der Waals surface area contributed by atoms with Crippen LogP contribution in [-0.2, 0) is 4.79 Å². The minimum Gasteiger partial charge on any atom is -0.478 e. The molecule has 0 bridgehead atoms. The molecule has 0 fully saturated rings. The Morgan fingerprint density at radius 2 is 2.25 bits per heavy atom. The molecule has 0 aliphatic rings. The van der Waals surface area contributed by atoms with Crippen molar-refractivity contribution in [2.75, 3.05) is 0 Å². The molecule has 3 aromatic heterocycles. The molecule has 0 aliphatic carbocycles. The van der Waals surface area contributed by atoms with Gasteiger partial charge < -0.3 is 5.11 Å². The van der Waals surface area contributed by atoms with Crippen LogP contribution >= 0.6 is 11.3 Å². The maximum Gasteiger partial charge on any atom is 0.328 e. The number of imidazole rings is 1. The third-order valence-electron chi connectivity index (χ3n) is 3.02. The van der Waals surface area contributed by atoms with Crippen LogP contribution in [0.5, 0.6) is 0 Å². The van der Waals surface area contributed by atoms with Crippen LogP contribution < -0.4 is 0 Å². The van der Waals surface area contributed by atoms with E-state index in [-0.39, 0.29) is 0 Å². The van der Waals surface area contributed by atoms with Gasteiger partial charge in [0.25, 0.3) is 0 Å². The molecule has 0 amide bonds. The molecule has 100 valence electrons. The molecule has 0 aliphatic heterocycles. The second kappa shape index (κ2) is 4.94. The molecule has 0 atom stereocenters. The van der Waals surface area contributed by atoms with Crippen molar-refractivity contribution in [2.45, 2.75) is 6.92 Å². The molecular formula is C15H12N2O2S. The predicted molar refractivity (Wildman–Crippen MR) is 79.9 cm³/mol. The molecule has 0 aromatic carbocycles. The number of aryl methyl sites for hydroxylation is 1. The van der Waals surface area contributed by atoms with Gasteiger partial charge in [0.2, 0.25) is 0 Å². The lowest BCUT2D eigenvalue weighted by Crippen LogP contribution is -1.91. The summed E-state index contributed by atoms with van der Waals surface area (Å²) in [6.45, 7) is 1.99. The van der Waals surface area contributed by atoms with Gasteiger partial charge in [0.15, 0.2) is 0 Å². The van der Waals surface area contributed by atoms with E-state index < -0.39 is 5.97 Å². The number of rotatable bonds is 3. The van der Waals surface area contributed by atoms with E-state index in [0.29, 0.717) is 0 Å². The van der Waals surface area contributed by atoms with Crippen molar-refractivity contribution in [3.63, 3.8) is 0 Å². The zero-order valence-electron chi connectivity index (χ0n) is 10.8. The Kier molecular flexibility index (Phi) is 3.12. The zero-order valence-corrected chi connectivity index (χ0v) is 11.6. The number of carbonyl (C=O) groups is 1. The van der Waals surface area contributed by atoms with Gasteiger partial charge in [0, 0.05) is 12.3 Å². The van der Waals surface area contributed by atoms with Crippen molar-refractivity contribution in [3.05, 3.63) is 53.2 Å². The fourth-order valence-corrected chi connectivity index (χ4v) is 2.85. The quantitative estimate of drug-likeness (QED) is 0.749. The molecule has 3 heterocycles. The molecule has 0 saturated heterocycles. The number of thiophene rings is 1. The highest BCUT2D eigenvalue weighted by Gasteiger charge is 2.13. The summed E-state index contributed by atoms with van der Waals surface area (Å²) in [7, 11) is 0. The smallest absolute Gasteiger partial charge is 0.328 e. The van der Waals surface area contributed by atoms with E-state index in [1.807, 2.05) is 47.2 Å². The van der Waals surface area contributed by atoms with Crippen LogP contribution in [0, 0.1) is 6.92 Å². The molecule has 0 spiro atoms. The summed E-state index contributed by atoms with van der Waals surface area (Å²) in [6.07, 6.45) is 4.63. The van der Waals surface area contributed by atoms with Gasteiger partial charge in [-0.3, -0.25) is 4.40 Å². The SMILES string of the molecule is Cc1cccn2c(/C=C/C(=O)O)c(-c3cccs3)nc12. The molecule has 1 N–H and O–H groups in total. The van der Waals surface area contributed by atoms with Crippen molar-refractivity contribution in [1.29, 1.82) is 0 Å². The molecule has 0 radical (unpaired) electrons. The lowest BCUT2D eigenvalue weighted by atomic mass is 10.2. The average Bonchev–Trinajstić information content (AvgIpc) is 3.04. The number of aliphatic carboxylic acids is 1. The molecule has 0 saturated carbocycles. The summed E-state index contributed by atoms with van der Waals surface area (Å²) in [6, 6.07) is 7.87. The Labute approximate surface area is 119 Å².